The molecule has 0 saturated heterocycles. The lowest BCUT2D eigenvalue weighted by molar-refractivity contribution is -0.00518. The summed E-state index contributed by atoms with van der Waals surface area (Å²) in [6, 6.07) is 50.4. The average molecular weight is 711 g/mol. The summed E-state index contributed by atoms with van der Waals surface area (Å²) in [6.45, 7) is 0. The van der Waals surface area contributed by atoms with Gasteiger partial charge in [0, 0.05) is 33.0 Å². The van der Waals surface area contributed by atoms with Gasteiger partial charge in [0.2, 0.25) is 0 Å². The molecular weight excluding hydrogens is 673 g/mol. The second kappa shape index (κ2) is 12.6. The molecule has 0 spiro atoms. The van der Waals surface area contributed by atoms with Crippen molar-refractivity contribution in [2.45, 2.75) is 43.9 Å². The van der Waals surface area contributed by atoms with E-state index in [2.05, 4.69) is 78.9 Å². The van der Waals surface area contributed by atoms with Crippen LogP contribution in [0.1, 0.15) is 49.7 Å². The molecule has 5 nitrogen and oxygen atoms in total. The van der Waals surface area contributed by atoms with E-state index in [1.807, 2.05) is 66.7 Å². The van der Waals surface area contributed by atoms with Gasteiger partial charge in [0.25, 0.3) is 0 Å². The quantitative estimate of drug-likeness (QED) is 0.172. The van der Waals surface area contributed by atoms with Crippen LogP contribution in [0.3, 0.4) is 0 Å². The number of rotatable bonds is 6. The molecule has 4 bridgehead atoms. The Hall–Kier alpha value is -6.38. The Morgan fingerprint density at radius 1 is 0.509 bits per heavy atom. The largest absolute Gasteiger partial charge is 0.455 e. The summed E-state index contributed by atoms with van der Waals surface area (Å²) in [5.41, 5.74) is 11.3. The van der Waals surface area contributed by atoms with E-state index < -0.39 is 0 Å². The number of nitrogens with zero attached hydrogens (tertiary/aromatic N) is 4. The van der Waals surface area contributed by atoms with Gasteiger partial charge < -0.3 is 4.42 Å². The second-order valence-corrected chi connectivity index (χ2v) is 16.2. The van der Waals surface area contributed by atoms with Gasteiger partial charge in [-0.15, -0.1) is 0 Å². The molecule has 4 aliphatic carbocycles. The van der Waals surface area contributed by atoms with Gasteiger partial charge in [0.05, 0.1) is 11.6 Å². The summed E-state index contributed by atoms with van der Waals surface area (Å²) in [6.07, 6.45) is 8.40. The minimum atomic E-state index is 0.346. The van der Waals surface area contributed by atoms with Crippen LogP contribution in [0, 0.1) is 29.1 Å². The van der Waals surface area contributed by atoms with Crippen molar-refractivity contribution in [1.82, 2.24) is 15.0 Å². The molecule has 55 heavy (non-hydrogen) atoms. The van der Waals surface area contributed by atoms with Crippen LogP contribution >= 0.6 is 0 Å². The van der Waals surface area contributed by atoms with E-state index in [4.69, 9.17) is 19.4 Å². The fourth-order valence-corrected chi connectivity index (χ4v) is 10.5. The summed E-state index contributed by atoms with van der Waals surface area (Å²) < 4.78 is 6.64. The smallest absolute Gasteiger partial charge is 0.164 e. The van der Waals surface area contributed by atoms with E-state index in [1.165, 1.54) is 44.1 Å². The van der Waals surface area contributed by atoms with Crippen molar-refractivity contribution < 1.29 is 4.42 Å². The summed E-state index contributed by atoms with van der Waals surface area (Å²) in [5.74, 6) is 4.56. The lowest BCUT2D eigenvalue weighted by Gasteiger charge is -2.57. The topological polar surface area (TPSA) is 75.6 Å². The van der Waals surface area contributed by atoms with E-state index in [1.54, 1.807) is 0 Å². The number of fused-ring (bicyclic) bond motifs is 3. The van der Waals surface area contributed by atoms with Crippen molar-refractivity contribution in [3.63, 3.8) is 0 Å². The Morgan fingerprint density at radius 3 is 1.67 bits per heavy atom. The first-order valence-corrected chi connectivity index (χ1v) is 19.6. The highest BCUT2D eigenvalue weighted by atomic mass is 16.3. The van der Waals surface area contributed by atoms with Crippen molar-refractivity contribution in [2.75, 3.05) is 0 Å². The van der Waals surface area contributed by atoms with Gasteiger partial charge >= 0.3 is 0 Å². The molecule has 4 fully saturated rings. The van der Waals surface area contributed by atoms with E-state index in [0.717, 1.165) is 78.6 Å². The zero-order chi connectivity index (χ0) is 36.5. The second-order valence-electron chi connectivity index (χ2n) is 16.2. The Balaban J connectivity index is 1.04. The number of para-hydroxylation sites is 1. The van der Waals surface area contributed by atoms with Crippen LogP contribution in [0.25, 0.3) is 78.4 Å². The number of nitriles is 1. The predicted molar refractivity (Wildman–Crippen MR) is 219 cm³/mol. The van der Waals surface area contributed by atoms with Gasteiger partial charge in [-0.3, -0.25) is 0 Å². The fraction of sp³-hybridized carbons (Fsp3) is 0.200. The molecule has 12 rings (SSSR count). The summed E-state index contributed by atoms with van der Waals surface area (Å²) in [7, 11) is 0. The molecule has 0 amide bonds. The third-order valence-electron chi connectivity index (χ3n) is 12.7. The van der Waals surface area contributed by atoms with Crippen LogP contribution in [0.4, 0.5) is 0 Å². The molecule has 6 aromatic carbocycles. The molecule has 0 aliphatic heterocycles. The maximum Gasteiger partial charge on any atom is 0.164 e. The van der Waals surface area contributed by atoms with E-state index in [0.29, 0.717) is 28.5 Å². The predicted octanol–water partition coefficient (Wildman–Crippen LogP) is 12.4. The van der Waals surface area contributed by atoms with Gasteiger partial charge in [-0.25, -0.2) is 15.0 Å². The Morgan fingerprint density at radius 2 is 1.04 bits per heavy atom. The first-order valence-electron chi connectivity index (χ1n) is 19.6. The average Bonchev–Trinajstić information content (AvgIpc) is 3.62. The summed E-state index contributed by atoms with van der Waals surface area (Å²) >= 11 is 0. The molecule has 2 aromatic heterocycles. The molecule has 8 aromatic rings. The zero-order valence-electron chi connectivity index (χ0n) is 30.5. The van der Waals surface area contributed by atoms with Crippen molar-refractivity contribution >= 4 is 21.9 Å². The van der Waals surface area contributed by atoms with Crippen LogP contribution in [-0.2, 0) is 5.41 Å². The third-order valence-corrected chi connectivity index (χ3v) is 12.7. The minimum absolute atomic E-state index is 0.346. The highest BCUT2D eigenvalue weighted by Gasteiger charge is 2.51. The highest BCUT2D eigenvalue weighted by molar-refractivity contribution is 6.11. The van der Waals surface area contributed by atoms with Gasteiger partial charge in [-0.05, 0) is 114 Å². The number of furan rings is 1. The van der Waals surface area contributed by atoms with Gasteiger partial charge in [0.15, 0.2) is 17.5 Å². The molecule has 4 saturated carbocycles. The summed E-state index contributed by atoms with van der Waals surface area (Å²) in [4.78, 5) is 15.3. The third kappa shape index (κ3) is 5.55. The molecule has 264 valence electrons. The zero-order valence-corrected chi connectivity index (χ0v) is 30.5. The van der Waals surface area contributed by atoms with Gasteiger partial charge in [-0.1, -0.05) is 109 Å². The monoisotopic (exact) mass is 710 g/mol. The van der Waals surface area contributed by atoms with Gasteiger partial charge in [-0.2, -0.15) is 5.26 Å². The number of aromatic nitrogens is 3. The van der Waals surface area contributed by atoms with Crippen LogP contribution in [0.15, 0.2) is 144 Å². The normalized spacial score (nSPS) is 21.3. The standard InChI is InChI=1S/C50H38N4O/c51-30-31-10-12-35(13-11-31)36-14-16-39(17-15-36)48-52-47(38-6-2-1-3-7-38)53-49(54-48)40-25-43(46-44(26-40)42-8-4-5-9-45(42)55-46)37-18-20-41(21-19-37)50-27-32-22-33(28-50)24-34(23-32)29-50/h1-21,25-26,32-34H,22-24,27-29H2. The van der Waals surface area contributed by atoms with Crippen molar-refractivity contribution in [2.24, 2.45) is 17.8 Å². The Bertz CT molecular complexity index is 2740. The van der Waals surface area contributed by atoms with E-state index >= 15 is 0 Å². The van der Waals surface area contributed by atoms with Crippen molar-refractivity contribution in [1.29, 1.82) is 5.26 Å². The van der Waals surface area contributed by atoms with Gasteiger partial charge in [0.1, 0.15) is 11.2 Å². The van der Waals surface area contributed by atoms with Crippen LogP contribution in [0.5, 0.6) is 0 Å². The molecule has 5 heteroatoms. The summed E-state index contributed by atoms with van der Waals surface area (Å²) in [5, 5.41) is 11.4. The first kappa shape index (κ1) is 32.1. The van der Waals surface area contributed by atoms with E-state index in [9.17, 15) is 5.26 Å². The number of hydrogen-bond donors (Lipinski definition) is 0. The van der Waals surface area contributed by atoms with Crippen LogP contribution in [-0.4, -0.2) is 15.0 Å². The molecule has 0 radical (unpaired) electrons. The maximum absolute atomic E-state index is 9.25. The van der Waals surface area contributed by atoms with Crippen molar-refractivity contribution in [3.05, 3.63) is 151 Å². The van der Waals surface area contributed by atoms with E-state index in [-0.39, 0.29) is 0 Å². The highest BCUT2D eigenvalue weighted by Crippen LogP contribution is 2.60. The molecule has 0 atom stereocenters. The Kier molecular flexibility index (Phi) is 7.35. The van der Waals surface area contributed by atoms with Crippen molar-refractivity contribution in [3.8, 4) is 62.5 Å². The lowest BCUT2D eigenvalue weighted by Crippen LogP contribution is -2.48. The van der Waals surface area contributed by atoms with Crippen LogP contribution < -0.4 is 0 Å². The molecule has 4 aliphatic rings. The maximum atomic E-state index is 9.25. The molecule has 0 unspecified atom stereocenters. The molecule has 0 N–H and O–H groups in total. The Labute approximate surface area is 320 Å². The molecule has 2 heterocycles. The molecular formula is C50H38N4O. The number of benzene rings is 6. The fourth-order valence-electron chi connectivity index (χ4n) is 10.5. The minimum Gasteiger partial charge on any atom is -0.455 e. The first-order chi connectivity index (χ1) is 27.1. The number of hydrogen-bond acceptors (Lipinski definition) is 5. The SMILES string of the molecule is N#Cc1ccc(-c2ccc(-c3nc(-c4ccccc4)nc(-c4cc(-c5ccc(C67CC8CC(CC(C8)C6)C7)cc5)c5oc6ccccc6c5c4)n3)cc2)cc1. The lowest BCUT2D eigenvalue weighted by atomic mass is 9.48. The van der Waals surface area contributed by atoms with Crippen LogP contribution in [0.2, 0.25) is 0 Å².